The van der Waals surface area contributed by atoms with Crippen LogP contribution in [0.3, 0.4) is 0 Å². The predicted octanol–water partition coefficient (Wildman–Crippen LogP) is 8.38. The Morgan fingerprint density at radius 1 is 0.912 bits per heavy atom. The Kier molecular flexibility index (Phi) is 6.03. The summed E-state index contributed by atoms with van der Waals surface area (Å²) in [4.78, 5) is 22.8. The summed E-state index contributed by atoms with van der Waals surface area (Å²) >= 11 is 10.0. The van der Waals surface area contributed by atoms with E-state index in [1.165, 1.54) is 0 Å². The maximum atomic E-state index is 13.6. The summed E-state index contributed by atoms with van der Waals surface area (Å²) in [5.41, 5.74) is 6.59. The first kappa shape index (κ1) is 22.5. The lowest BCUT2D eigenvalue weighted by Crippen LogP contribution is -2.05. The van der Waals surface area contributed by atoms with Crippen molar-refractivity contribution < 1.29 is 4.79 Å². The van der Waals surface area contributed by atoms with Crippen LogP contribution >= 0.6 is 27.5 Å². The second-order valence-corrected chi connectivity index (χ2v) is 9.51. The molecule has 0 spiro atoms. The molecule has 2 aromatic heterocycles. The lowest BCUT2D eigenvalue weighted by Gasteiger charge is -2.14. The average Bonchev–Trinajstić information content (AvgIpc) is 2.82. The molecule has 2 heterocycles. The van der Waals surface area contributed by atoms with Crippen molar-refractivity contribution in [3.8, 4) is 11.1 Å². The topological polar surface area (TPSA) is 42.9 Å². The molecule has 0 saturated heterocycles. The molecular formula is C29H20BrClN2O. The quantitative estimate of drug-likeness (QED) is 0.134. The van der Waals surface area contributed by atoms with Crippen molar-refractivity contribution in [3.63, 3.8) is 0 Å². The molecular weight excluding hydrogens is 508 g/mol. The number of aryl methyl sites for hydroxylation is 2. The van der Waals surface area contributed by atoms with E-state index in [0.29, 0.717) is 22.0 Å². The van der Waals surface area contributed by atoms with E-state index in [-0.39, 0.29) is 5.78 Å². The van der Waals surface area contributed by atoms with E-state index >= 15 is 0 Å². The fraction of sp³-hybridized carbons (Fsp3) is 0.0690. The lowest BCUT2D eigenvalue weighted by atomic mass is 9.92. The zero-order chi connectivity index (χ0) is 23.8. The number of allylic oxidation sites excluding steroid dienone is 1. The molecule has 0 radical (unpaired) electrons. The van der Waals surface area contributed by atoms with Gasteiger partial charge in [-0.1, -0.05) is 70.0 Å². The van der Waals surface area contributed by atoms with E-state index in [1.54, 1.807) is 12.2 Å². The van der Waals surface area contributed by atoms with Crippen molar-refractivity contribution in [2.75, 3.05) is 0 Å². The van der Waals surface area contributed by atoms with Gasteiger partial charge in [-0.2, -0.15) is 0 Å². The Bertz CT molecular complexity index is 1610. The Morgan fingerprint density at radius 2 is 1.71 bits per heavy atom. The summed E-state index contributed by atoms with van der Waals surface area (Å²) in [6.45, 7) is 3.90. The molecule has 5 aromatic rings. The number of carbonyl (C=O) groups excluding carboxylic acids is 1. The maximum absolute atomic E-state index is 13.6. The van der Waals surface area contributed by atoms with Gasteiger partial charge < -0.3 is 0 Å². The molecule has 0 amide bonds. The van der Waals surface area contributed by atoms with Gasteiger partial charge in [0.05, 0.1) is 16.6 Å². The molecule has 5 rings (SSSR count). The first-order valence-corrected chi connectivity index (χ1v) is 12.0. The van der Waals surface area contributed by atoms with Crippen LogP contribution in [0.1, 0.15) is 27.2 Å². The zero-order valence-corrected chi connectivity index (χ0v) is 21.0. The van der Waals surface area contributed by atoms with Crippen molar-refractivity contribution in [1.29, 1.82) is 0 Å². The molecule has 34 heavy (non-hydrogen) atoms. The molecule has 0 N–H and O–H groups in total. The van der Waals surface area contributed by atoms with Crippen LogP contribution in [-0.4, -0.2) is 15.8 Å². The van der Waals surface area contributed by atoms with Crippen LogP contribution in [0.15, 0.2) is 83.3 Å². The zero-order valence-electron chi connectivity index (χ0n) is 18.6. The third-order valence-electron chi connectivity index (χ3n) is 5.80. The number of benzene rings is 3. The Labute approximate surface area is 211 Å². The predicted molar refractivity (Wildman–Crippen MR) is 144 cm³/mol. The highest BCUT2D eigenvalue weighted by Gasteiger charge is 2.19. The van der Waals surface area contributed by atoms with Gasteiger partial charge in [-0.3, -0.25) is 9.78 Å². The first-order chi connectivity index (χ1) is 16.4. The third kappa shape index (κ3) is 4.27. The summed E-state index contributed by atoms with van der Waals surface area (Å²) in [5, 5.41) is 2.26. The number of nitrogens with zero attached hydrogens (tertiary/aromatic N) is 2. The average molecular weight is 528 g/mol. The van der Waals surface area contributed by atoms with Crippen LogP contribution in [-0.2, 0) is 0 Å². The number of aromatic nitrogens is 2. The number of pyridine rings is 2. The molecule has 5 heteroatoms. The molecule has 3 aromatic carbocycles. The highest BCUT2D eigenvalue weighted by molar-refractivity contribution is 9.10. The number of carbonyl (C=O) groups is 1. The van der Waals surface area contributed by atoms with Crippen LogP contribution in [0.25, 0.3) is 39.0 Å². The van der Waals surface area contributed by atoms with E-state index in [4.69, 9.17) is 16.6 Å². The second kappa shape index (κ2) is 9.13. The number of ketones is 1. The van der Waals surface area contributed by atoms with Crippen molar-refractivity contribution in [3.05, 3.63) is 111 Å². The van der Waals surface area contributed by atoms with E-state index in [1.807, 2.05) is 86.6 Å². The maximum Gasteiger partial charge on any atom is 0.188 e. The Hall–Kier alpha value is -3.34. The van der Waals surface area contributed by atoms with E-state index < -0.39 is 0 Å². The number of fused-ring (bicyclic) bond motifs is 2. The fourth-order valence-corrected chi connectivity index (χ4v) is 4.77. The number of hydrogen-bond donors (Lipinski definition) is 0. The fourth-order valence-electron chi connectivity index (χ4n) is 4.20. The van der Waals surface area contributed by atoms with Gasteiger partial charge in [0, 0.05) is 32.1 Å². The standard InChI is InChI=1S/C29H20BrClN2O/c1-17-8-9-20-15-21(29(31)33-25(20)14-17)10-13-26(34)27-18(2)32-24-12-11-22(30)16-23(24)28(27)19-6-4-3-5-7-19/h3-16H,1-2H3/b13-10+. The summed E-state index contributed by atoms with van der Waals surface area (Å²) in [5.74, 6) is -0.134. The van der Waals surface area contributed by atoms with Gasteiger partial charge in [0.1, 0.15) is 5.15 Å². The minimum Gasteiger partial charge on any atom is -0.289 e. The molecule has 0 bridgehead atoms. The minimum atomic E-state index is -0.134. The SMILES string of the molecule is Cc1ccc2cc(/C=C/C(=O)c3c(C)nc4ccc(Br)cc4c3-c3ccccc3)c(Cl)nc2c1. The van der Waals surface area contributed by atoms with Gasteiger partial charge in [-0.15, -0.1) is 0 Å². The number of halogens is 2. The summed E-state index contributed by atoms with van der Waals surface area (Å²) < 4.78 is 0.932. The van der Waals surface area contributed by atoms with Gasteiger partial charge in [0.2, 0.25) is 0 Å². The van der Waals surface area contributed by atoms with Crippen LogP contribution in [0, 0.1) is 13.8 Å². The van der Waals surface area contributed by atoms with E-state index in [0.717, 1.165) is 43.0 Å². The molecule has 0 aliphatic carbocycles. The second-order valence-electron chi connectivity index (χ2n) is 8.24. The van der Waals surface area contributed by atoms with Gasteiger partial charge in [0.25, 0.3) is 0 Å². The molecule has 0 aliphatic heterocycles. The van der Waals surface area contributed by atoms with Crippen molar-refractivity contribution >= 4 is 61.2 Å². The van der Waals surface area contributed by atoms with Crippen LogP contribution in [0.5, 0.6) is 0 Å². The van der Waals surface area contributed by atoms with Crippen LogP contribution in [0.4, 0.5) is 0 Å². The van der Waals surface area contributed by atoms with Crippen LogP contribution in [0.2, 0.25) is 5.15 Å². The van der Waals surface area contributed by atoms with Gasteiger partial charge in [-0.25, -0.2) is 4.98 Å². The van der Waals surface area contributed by atoms with E-state index in [9.17, 15) is 4.79 Å². The molecule has 3 nitrogen and oxygen atoms in total. The van der Waals surface area contributed by atoms with Crippen molar-refractivity contribution in [2.24, 2.45) is 0 Å². The highest BCUT2D eigenvalue weighted by Crippen LogP contribution is 2.35. The smallest absolute Gasteiger partial charge is 0.188 e. The Balaban J connectivity index is 1.65. The number of rotatable bonds is 4. The molecule has 0 aliphatic rings. The summed E-state index contributed by atoms with van der Waals surface area (Å²) in [6, 6.07) is 23.9. The normalized spacial score (nSPS) is 11.5. The van der Waals surface area contributed by atoms with Crippen molar-refractivity contribution in [2.45, 2.75) is 13.8 Å². The molecule has 0 atom stereocenters. The van der Waals surface area contributed by atoms with Crippen LogP contribution < -0.4 is 0 Å². The minimum absolute atomic E-state index is 0.134. The molecule has 166 valence electrons. The van der Waals surface area contributed by atoms with E-state index in [2.05, 4.69) is 20.9 Å². The van der Waals surface area contributed by atoms with Gasteiger partial charge in [0.15, 0.2) is 5.78 Å². The molecule has 0 saturated carbocycles. The Morgan fingerprint density at radius 3 is 2.50 bits per heavy atom. The highest BCUT2D eigenvalue weighted by atomic mass is 79.9. The first-order valence-electron chi connectivity index (χ1n) is 10.9. The van der Waals surface area contributed by atoms with Gasteiger partial charge >= 0.3 is 0 Å². The summed E-state index contributed by atoms with van der Waals surface area (Å²) in [7, 11) is 0. The third-order valence-corrected chi connectivity index (χ3v) is 6.60. The van der Waals surface area contributed by atoms with Crippen molar-refractivity contribution in [1.82, 2.24) is 9.97 Å². The lowest BCUT2D eigenvalue weighted by molar-refractivity contribution is 0.104. The largest absolute Gasteiger partial charge is 0.289 e. The van der Waals surface area contributed by atoms with Gasteiger partial charge in [-0.05, 0) is 67.5 Å². The molecule has 0 fully saturated rings. The number of hydrogen-bond acceptors (Lipinski definition) is 3. The molecule has 0 unspecified atom stereocenters. The summed E-state index contributed by atoms with van der Waals surface area (Å²) in [6.07, 6.45) is 3.29. The monoisotopic (exact) mass is 526 g/mol.